The molecule has 2 heteroatoms. The number of allylic oxidation sites excluding steroid dienone is 4. The minimum atomic E-state index is -0.00622. The lowest BCUT2D eigenvalue weighted by Crippen LogP contribution is -2.48. The molecule has 31 heavy (non-hydrogen) atoms. The number of carbonyl (C=O) groups is 1. The maximum Gasteiger partial charge on any atom is 0.306 e. The average Bonchev–Trinajstić information content (AvgIpc) is 2.91. The molecule has 0 aromatic rings. The monoisotopic (exact) mass is 426 g/mol. The van der Waals surface area contributed by atoms with Crippen LogP contribution < -0.4 is 0 Å². The van der Waals surface area contributed by atoms with Gasteiger partial charge in [-0.2, -0.15) is 0 Å². The van der Waals surface area contributed by atoms with E-state index in [0.29, 0.717) is 17.8 Å². The Morgan fingerprint density at radius 2 is 1.81 bits per heavy atom. The molecule has 1 aliphatic heterocycles. The van der Waals surface area contributed by atoms with Gasteiger partial charge in [-0.15, -0.1) is 0 Å². The van der Waals surface area contributed by atoms with Gasteiger partial charge in [-0.25, -0.2) is 0 Å². The fourth-order valence-electron chi connectivity index (χ4n) is 8.28. The largest absolute Gasteiger partial charge is 0.462 e. The van der Waals surface area contributed by atoms with Crippen LogP contribution in [0, 0.1) is 39.9 Å². The van der Waals surface area contributed by atoms with Gasteiger partial charge in [0.05, 0.1) is 0 Å². The molecule has 0 aromatic carbocycles. The van der Waals surface area contributed by atoms with Crippen LogP contribution in [0.5, 0.6) is 0 Å². The van der Waals surface area contributed by atoms with E-state index in [9.17, 15) is 4.79 Å². The zero-order valence-corrected chi connectivity index (χ0v) is 21.2. The van der Waals surface area contributed by atoms with Gasteiger partial charge in [0.15, 0.2) is 0 Å². The first-order valence-corrected chi connectivity index (χ1v) is 13.1. The molecule has 4 rings (SSSR count). The normalized spacial score (nSPS) is 43.2. The summed E-state index contributed by atoms with van der Waals surface area (Å²) in [5.74, 6) is 2.84. The Morgan fingerprint density at radius 3 is 2.52 bits per heavy atom. The molecule has 0 N–H and O–H groups in total. The summed E-state index contributed by atoms with van der Waals surface area (Å²) >= 11 is 0. The van der Waals surface area contributed by atoms with E-state index in [1.807, 2.05) is 0 Å². The third-order valence-corrected chi connectivity index (χ3v) is 10.5. The molecule has 2 fully saturated rings. The summed E-state index contributed by atoms with van der Waals surface area (Å²) in [6, 6.07) is 0. The molecule has 0 spiro atoms. The Morgan fingerprint density at radius 1 is 1.06 bits per heavy atom. The number of hydrogen-bond donors (Lipinski definition) is 0. The van der Waals surface area contributed by atoms with Gasteiger partial charge in [-0.3, -0.25) is 4.79 Å². The second kappa shape index (κ2) is 8.07. The van der Waals surface area contributed by atoms with E-state index >= 15 is 0 Å². The quantitative estimate of drug-likeness (QED) is 0.418. The molecule has 0 bridgehead atoms. The van der Waals surface area contributed by atoms with Crippen LogP contribution in [0.15, 0.2) is 23.3 Å². The summed E-state index contributed by atoms with van der Waals surface area (Å²) < 4.78 is 5.76. The Labute approximate surface area is 191 Å². The van der Waals surface area contributed by atoms with Crippen LogP contribution in [0.1, 0.15) is 106 Å². The van der Waals surface area contributed by atoms with Crippen molar-refractivity contribution in [2.45, 2.75) is 112 Å². The molecule has 2 nitrogen and oxygen atoms in total. The minimum absolute atomic E-state index is 0.00622. The molecule has 0 radical (unpaired) electrons. The molecular formula is C29H46O2. The fourth-order valence-corrected chi connectivity index (χ4v) is 8.28. The third kappa shape index (κ3) is 3.55. The second-order valence-corrected chi connectivity index (χ2v) is 12.6. The predicted octanol–water partition coefficient (Wildman–Crippen LogP) is 7.88. The van der Waals surface area contributed by atoms with Crippen LogP contribution in [-0.2, 0) is 9.53 Å². The molecule has 0 unspecified atom stereocenters. The van der Waals surface area contributed by atoms with Crippen molar-refractivity contribution in [2.75, 3.05) is 0 Å². The van der Waals surface area contributed by atoms with Crippen LogP contribution in [0.25, 0.3) is 0 Å². The Hall–Kier alpha value is -1.05. The summed E-state index contributed by atoms with van der Waals surface area (Å²) in [6.07, 6.45) is 15.7. The zero-order valence-electron chi connectivity index (χ0n) is 21.2. The van der Waals surface area contributed by atoms with Crippen molar-refractivity contribution in [3.05, 3.63) is 23.3 Å². The zero-order chi connectivity index (χ0) is 22.6. The highest BCUT2D eigenvalue weighted by Crippen LogP contribution is 2.70. The van der Waals surface area contributed by atoms with Gasteiger partial charge in [0, 0.05) is 12.3 Å². The van der Waals surface area contributed by atoms with Gasteiger partial charge < -0.3 is 4.74 Å². The van der Waals surface area contributed by atoms with E-state index < -0.39 is 0 Å². The highest BCUT2D eigenvalue weighted by atomic mass is 16.5. The van der Waals surface area contributed by atoms with Gasteiger partial charge in [0.2, 0.25) is 0 Å². The maximum absolute atomic E-state index is 12.2. The number of ether oxygens (including phenoxy) is 1. The van der Waals surface area contributed by atoms with E-state index in [1.54, 1.807) is 11.1 Å². The molecular weight excluding hydrogens is 380 g/mol. The van der Waals surface area contributed by atoms with E-state index in [-0.39, 0.29) is 22.9 Å². The lowest BCUT2D eigenvalue weighted by atomic mass is 9.48. The van der Waals surface area contributed by atoms with E-state index in [1.165, 1.54) is 38.5 Å². The lowest BCUT2D eigenvalue weighted by molar-refractivity contribution is -0.149. The van der Waals surface area contributed by atoms with Crippen molar-refractivity contribution in [1.29, 1.82) is 0 Å². The Kier molecular flexibility index (Phi) is 6.02. The van der Waals surface area contributed by atoms with Gasteiger partial charge in [0.1, 0.15) is 6.10 Å². The lowest BCUT2D eigenvalue weighted by Gasteiger charge is -2.56. The molecule has 7 atom stereocenters. The first-order valence-electron chi connectivity index (χ1n) is 13.1. The molecule has 1 saturated heterocycles. The number of rotatable bonds is 5. The summed E-state index contributed by atoms with van der Waals surface area (Å²) in [5.41, 5.74) is 3.90. The molecule has 4 aliphatic rings. The van der Waals surface area contributed by atoms with E-state index in [4.69, 9.17) is 4.74 Å². The molecule has 0 aromatic heterocycles. The summed E-state index contributed by atoms with van der Waals surface area (Å²) in [7, 11) is 0. The summed E-state index contributed by atoms with van der Waals surface area (Å²) in [5, 5.41) is 0. The Balaban J connectivity index is 1.63. The number of esters is 1. The molecule has 1 heterocycles. The van der Waals surface area contributed by atoms with Gasteiger partial charge in [-0.1, -0.05) is 73.0 Å². The second-order valence-electron chi connectivity index (χ2n) is 12.6. The molecule has 3 aliphatic carbocycles. The number of hydrogen-bond acceptors (Lipinski definition) is 2. The van der Waals surface area contributed by atoms with Gasteiger partial charge in [-0.05, 0) is 84.2 Å². The number of fused-ring (bicyclic) bond motifs is 5. The predicted molar refractivity (Wildman–Crippen MR) is 129 cm³/mol. The van der Waals surface area contributed by atoms with Crippen molar-refractivity contribution in [3.8, 4) is 0 Å². The Bertz CT molecular complexity index is 776. The fraction of sp³-hybridized carbons (Fsp3) is 0.828. The third-order valence-electron chi connectivity index (χ3n) is 10.5. The van der Waals surface area contributed by atoms with E-state index in [2.05, 4.69) is 60.6 Å². The summed E-state index contributed by atoms with van der Waals surface area (Å²) in [6.45, 7) is 17.0. The molecule has 0 amide bonds. The van der Waals surface area contributed by atoms with Crippen LogP contribution >= 0.6 is 0 Å². The highest BCUT2D eigenvalue weighted by molar-refractivity contribution is 5.70. The first kappa shape index (κ1) is 23.1. The van der Waals surface area contributed by atoms with Crippen LogP contribution in [0.3, 0.4) is 0 Å². The van der Waals surface area contributed by atoms with Crippen molar-refractivity contribution in [3.63, 3.8) is 0 Å². The smallest absolute Gasteiger partial charge is 0.306 e. The summed E-state index contributed by atoms with van der Waals surface area (Å²) in [4.78, 5) is 12.2. The number of cyclic esters (lactones) is 1. The standard InChI is InChI=1S/C29H46O2/c1-19(2)9-8-10-20(3)22-13-17-29(7)25-12-11-23-21(4)31-26(30)15-16-27(23,5)24(25)14-18-28(22,29)6/h12,14,19-23H,8-11,13,15-18H2,1-7H3/t20-,21-,22+,23+,27-,28+,29-/m0/s1. The van der Waals surface area contributed by atoms with Crippen LogP contribution in [0.4, 0.5) is 0 Å². The van der Waals surface area contributed by atoms with Crippen molar-refractivity contribution in [1.82, 2.24) is 0 Å². The van der Waals surface area contributed by atoms with Gasteiger partial charge in [0.25, 0.3) is 0 Å². The topological polar surface area (TPSA) is 26.3 Å². The molecule has 174 valence electrons. The SMILES string of the molecule is CC(C)CCC[C@H](C)[C@H]1CC[C@@]2(C)C3=CC[C@@H]4[C@H](C)OC(=O)CC[C@]4(C)C3=CC[C@]12C. The van der Waals surface area contributed by atoms with Crippen LogP contribution in [0.2, 0.25) is 0 Å². The van der Waals surface area contributed by atoms with Crippen LogP contribution in [-0.4, -0.2) is 12.1 Å². The van der Waals surface area contributed by atoms with E-state index in [0.717, 1.165) is 30.6 Å². The van der Waals surface area contributed by atoms with Crippen molar-refractivity contribution < 1.29 is 9.53 Å². The first-order chi connectivity index (χ1) is 14.5. The maximum atomic E-state index is 12.2. The van der Waals surface area contributed by atoms with Crippen molar-refractivity contribution in [2.24, 2.45) is 39.9 Å². The molecule has 1 saturated carbocycles. The average molecular weight is 427 g/mol. The highest BCUT2D eigenvalue weighted by Gasteiger charge is 2.61. The number of carbonyl (C=O) groups excluding carboxylic acids is 1. The minimum Gasteiger partial charge on any atom is -0.462 e. The van der Waals surface area contributed by atoms with Crippen molar-refractivity contribution >= 4 is 5.97 Å². The van der Waals surface area contributed by atoms with Gasteiger partial charge >= 0.3 is 5.97 Å².